The van der Waals surface area contributed by atoms with E-state index in [1.807, 2.05) is 17.7 Å². The fraction of sp³-hybridized carbons (Fsp3) is 0.412. The lowest BCUT2D eigenvalue weighted by molar-refractivity contribution is 0.187. The average molecular weight is 384 g/mol. The average Bonchev–Trinajstić information content (AvgIpc) is 3.08. The van der Waals surface area contributed by atoms with Crippen LogP contribution in [0.2, 0.25) is 10.0 Å². The van der Waals surface area contributed by atoms with Crippen LogP contribution >= 0.6 is 23.2 Å². The number of halogens is 2. The standard InChI is InChI=1S/C17H23Cl2N5O/c1-2-21-17(22-4-3-6-24-7-5-20-12-24)23-11-16(25)13-8-14(18)10-15(19)9-13/h5,7-10,12,16,25H,2-4,6,11H2,1H3,(H2,21,22,23). The Labute approximate surface area is 157 Å². The highest BCUT2D eigenvalue weighted by Crippen LogP contribution is 2.23. The summed E-state index contributed by atoms with van der Waals surface area (Å²) in [5, 5.41) is 17.7. The molecule has 1 atom stereocenters. The molecule has 0 aliphatic heterocycles. The minimum Gasteiger partial charge on any atom is -0.386 e. The first-order valence-corrected chi connectivity index (χ1v) is 8.96. The van der Waals surface area contributed by atoms with Crippen molar-refractivity contribution in [3.63, 3.8) is 0 Å². The summed E-state index contributed by atoms with van der Waals surface area (Å²) in [6.45, 7) is 4.61. The van der Waals surface area contributed by atoms with Crippen LogP contribution < -0.4 is 10.6 Å². The van der Waals surface area contributed by atoms with E-state index in [0.29, 0.717) is 21.6 Å². The number of hydrogen-bond donors (Lipinski definition) is 3. The fourth-order valence-electron chi connectivity index (χ4n) is 2.28. The highest BCUT2D eigenvalue weighted by Gasteiger charge is 2.09. The Kier molecular flexibility index (Phi) is 8.04. The van der Waals surface area contributed by atoms with Gasteiger partial charge in [0.05, 0.1) is 19.0 Å². The van der Waals surface area contributed by atoms with Crippen molar-refractivity contribution in [2.24, 2.45) is 4.99 Å². The summed E-state index contributed by atoms with van der Waals surface area (Å²) in [6.07, 6.45) is 5.67. The largest absolute Gasteiger partial charge is 0.386 e. The lowest BCUT2D eigenvalue weighted by Gasteiger charge is -2.14. The number of nitrogens with zero attached hydrogens (tertiary/aromatic N) is 3. The Morgan fingerprint density at radius 3 is 2.68 bits per heavy atom. The molecule has 3 N–H and O–H groups in total. The Morgan fingerprint density at radius 2 is 2.04 bits per heavy atom. The zero-order chi connectivity index (χ0) is 18.1. The summed E-state index contributed by atoms with van der Waals surface area (Å²) in [6, 6.07) is 5.02. The highest BCUT2D eigenvalue weighted by atomic mass is 35.5. The SMILES string of the molecule is CCNC(=NCC(O)c1cc(Cl)cc(Cl)c1)NCCCn1ccnc1. The molecule has 0 fully saturated rings. The summed E-state index contributed by atoms with van der Waals surface area (Å²) in [4.78, 5) is 8.44. The van der Waals surface area contributed by atoms with Gasteiger partial charge in [-0.3, -0.25) is 4.99 Å². The maximum Gasteiger partial charge on any atom is 0.191 e. The summed E-state index contributed by atoms with van der Waals surface area (Å²) < 4.78 is 2.03. The molecule has 0 saturated heterocycles. The van der Waals surface area contributed by atoms with E-state index >= 15 is 0 Å². The van der Waals surface area contributed by atoms with Crippen LogP contribution in [-0.4, -0.2) is 40.3 Å². The van der Waals surface area contributed by atoms with Gasteiger partial charge in [0, 0.05) is 42.1 Å². The van der Waals surface area contributed by atoms with Crippen LogP contribution in [0.25, 0.3) is 0 Å². The highest BCUT2D eigenvalue weighted by molar-refractivity contribution is 6.34. The fourth-order valence-corrected chi connectivity index (χ4v) is 2.82. The zero-order valence-electron chi connectivity index (χ0n) is 14.1. The normalized spacial score (nSPS) is 12.9. The third kappa shape index (κ3) is 6.94. The summed E-state index contributed by atoms with van der Waals surface area (Å²) in [5.74, 6) is 0.667. The van der Waals surface area contributed by atoms with Gasteiger partial charge in [0.15, 0.2) is 5.96 Å². The third-order valence-electron chi connectivity index (χ3n) is 3.48. The first kappa shape index (κ1) is 19.6. The second-order valence-electron chi connectivity index (χ2n) is 5.52. The Bertz CT molecular complexity index is 655. The van der Waals surface area contributed by atoms with E-state index in [2.05, 4.69) is 20.6 Å². The number of aliphatic hydroxyl groups excluding tert-OH is 1. The van der Waals surface area contributed by atoms with Crippen molar-refractivity contribution >= 4 is 29.2 Å². The molecule has 1 unspecified atom stereocenters. The van der Waals surface area contributed by atoms with E-state index in [1.54, 1.807) is 30.7 Å². The Morgan fingerprint density at radius 1 is 1.28 bits per heavy atom. The molecule has 1 aromatic carbocycles. The number of benzene rings is 1. The number of imidazole rings is 1. The molecular weight excluding hydrogens is 361 g/mol. The summed E-state index contributed by atoms with van der Waals surface area (Å²) >= 11 is 11.9. The molecule has 6 nitrogen and oxygen atoms in total. The van der Waals surface area contributed by atoms with Gasteiger partial charge in [0.25, 0.3) is 0 Å². The number of aryl methyl sites for hydroxylation is 1. The zero-order valence-corrected chi connectivity index (χ0v) is 15.6. The van der Waals surface area contributed by atoms with Crippen molar-refractivity contribution in [2.75, 3.05) is 19.6 Å². The van der Waals surface area contributed by atoms with Crippen LogP contribution in [-0.2, 0) is 6.54 Å². The van der Waals surface area contributed by atoms with Crippen molar-refractivity contribution in [3.05, 3.63) is 52.5 Å². The van der Waals surface area contributed by atoms with Crippen molar-refractivity contribution < 1.29 is 5.11 Å². The second-order valence-corrected chi connectivity index (χ2v) is 6.39. The number of rotatable bonds is 8. The molecule has 8 heteroatoms. The molecule has 136 valence electrons. The Hall–Kier alpha value is -1.76. The number of aliphatic imine (C=N–C) groups is 1. The van der Waals surface area contributed by atoms with Crippen LogP contribution in [0.15, 0.2) is 41.9 Å². The third-order valence-corrected chi connectivity index (χ3v) is 3.92. The molecule has 0 aliphatic rings. The molecule has 0 radical (unpaired) electrons. The monoisotopic (exact) mass is 383 g/mol. The second kappa shape index (κ2) is 10.3. The number of nitrogens with one attached hydrogen (secondary N) is 2. The van der Waals surface area contributed by atoms with Gasteiger partial charge in [-0.05, 0) is 37.1 Å². The topological polar surface area (TPSA) is 74.5 Å². The molecule has 25 heavy (non-hydrogen) atoms. The van der Waals surface area contributed by atoms with Gasteiger partial charge in [0.2, 0.25) is 0 Å². The van der Waals surface area contributed by atoms with Gasteiger partial charge in [-0.15, -0.1) is 0 Å². The molecule has 1 heterocycles. The van der Waals surface area contributed by atoms with Crippen molar-refractivity contribution in [1.29, 1.82) is 0 Å². The van der Waals surface area contributed by atoms with E-state index in [-0.39, 0.29) is 6.54 Å². The van der Waals surface area contributed by atoms with Gasteiger partial charge in [-0.2, -0.15) is 0 Å². The lowest BCUT2D eigenvalue weighted by Crippen LogP contribution is -2.38. The molecular formula is C17H23Cl2N5O. The number of aliphatic hydroxyl groups is 1. The predicted octanol–water partition coefficient (Wildman–Crippen LogP) is 2.87. The number of aromatic nitrogens is 2. The minimum atomic E-state index is -0.766. The molecule has 0 aliphatic carbocycles. The van der Waals surface area contributed by atoms with E-state index < -0.39 is 6.10 Å². The van der Waals surface area contributed by atoms with Gasteiger partial charge in [-0.1, -0.05) is 23.2 Å². The van der Waals surface area contributed by atoms with Crippen molar-refractivity contribution in [1.82, 2.24) is 20.2 Å². The van der Waals surface area contributed by atoms with Crippen LogP contribution in [0.4, 0.5) is 0 Å². The molecule has 0 amide bonds. The maximum atomic E-state index is 10.3. The van der Waals surface area contributed by atoms with E-state index in [4.69, 9.17) is 23.2 Å². The van der Waals surface area contributed by atoms with Gasteiger partial charge >= 0.3 is 0 Å². The van der Waals surface area contributed by atoms with Gasteiger partial charge in [0.1, 0.15) is 0 Å². The van der Waals surface area contributed by atoms with Crippen LogP contribution in [0.1, 0.15) is 25.0 Å². The van der Waals surface area contributed by atoms with Gasteiger partial charge in [-0.25, -0.2) is 4.98 Å². The first-order valence-electron chi connectivity index (χ1n) is 8.20. The molecule has 2 rings (SSSR count). The molecule has 0 bridgehead atoms. The van der Waals surface area contributed by atoms with Crippen LogP contribution in [0, 0.1) is 0 Å². The quantitative estimate of drug-likeness (QED) is 0.372. The Balaban J connectivity index is 1.85. The van der Waals surface area contributed by atoms with E-state index in [0.717, 1.165) is 26.1 Å². The molecule has 1 aromatic heterocycles. The lowest BCUT2D eigenvalue weighted by atomic mass is 10.1. The molecule has 2 aromatic rings. The van der Waals surface area contributed by atoms with Crippen molar-refractivity contribution in [3.8, 4) is 0 Å². The number of hydrogen-bond acceptors (Lipinski definition) is 3. The van der Waals surface area contributed by atoms with Crippen molar-refractivity contribution in [2.45, 2.75) is 26.0 Å². The van der Waals surface area contributed by atoms with Crippen LogP contribution in [0.5, 0.6) is 0 Å². The van der Waals surface area contributed by atoms with E-state index in [9.17, 15) is 5.11 Å². The molecule has 0 saturated carbocycles. The smallest absolute Gasteiger partial charge is 0.191 e. The summed E-state index contributed by atoms with van der Waals surface area (Å²) in [5.41, 5.74) is 0.650. The van der Waals surface area contributed by atoms with Crippen LogP contribution in [0.3, 0.4) is 0 Å². The predicted molar refractivity (Wildman–Crippen MR) is 102 cm³/mol. The number of guanidine groups is 1. The minimum absolute atomic E-state index is 0.216. The maximum absolute atomic E-state index is 10.3. The molecule has 0 spiro atoms. The van der Waals surface area contributed by atoms with E-state index in [1.165, 1.54) is 0 Å². The first-order chi connectivity index (χ1) is 12.1. The summed E-state index contributed by atoms with van der Waals surface area (Å²) in [7, 11) is 0. The van der Waals surface area contributed by atoms with Gasteiger partial charge < -0.3 is 20.3 Å².